The van der Waals surface area contributed by atoms with E-state index in [4.69, 9.17) is 23.2 Å². The number of carbonyl (C=O) groups excluding carboxylic acids is 3. The van der Waals surface area contributed by atoms with Crippen LogP contribution in [0.4, 0.5) is 0 Å². The Morgan fingerprint density at radius 3 is 2.00 bits per heavy atom. The molecule has 1 heterocycles. The maximum Gasteiger partial charge on any atom is 0.254 e. The van der Waals surface area contributed by atoms with Gasteiger partial charge in [0.2, 0.25) is 5.91 Å². The van der Waals surface area contributed by atoms with Gasteiger partial charge in [0.15, 0.2) is 0 Å². The number of carbonyl (C=O) groups is 3. The first kappa shape index (κ1) is 21.1. The fourth-order valence-electron chi connectivity index (χ4n) is 3.19. The number of rotatable bonds is 4. The smallest absolute Gasteiger partial charge is 0.254 e. The summed E-state index contributed by atoms with van der Waals surface area (Å²) in [6, 6.07) is 12.8. The average Bonchev–Trinajstić information content (AvgIpc) is 2.72. The molecular formula is C21H21Cl2N3O3. The summed E-state index contributed by atoms with van der Waals surface area (Å²) in [4.78, 5) is 40.9. The van der Waals surface area contributed by atoms with Crippen molar-refractivity contribution in [2.75, 3.05) is 26.2 Å². The van der Waals surface area contributed by atoms with Crippen LogP contribution in [-0.4, -0.2) is 59.7 Å². The van der Waals surface area contributed by atoms with E-state index in [1.165, 1.54) is 0 Å². The Morgan fingerprint density at radius 1 is 0.862 bits per heavy atom. The van der Waals surface area contributed by atoms with Gasteiger partial charge in [-0.15, -0.1) is 0 Å². The van der Waals surface area contributed by atoms with Gasteiger partial charge in [0.25, 0.3) is 11.8 Å². The zero-order valence-corrected chi connectivity index (χ0v) is 17.4. The van der Waals surface area contributed by atoms with Crippen molar-refractivity contribution >= 4 is 40.9 Å². The van der Waals surface area contributed by atoms with Crippen LogP contribution in [0.25, 0.3) is 0 Å². The quantitative estimate of drug-likeness (QED) is 0.804. The Bertz CT molecular complexity index is 892. The predicted octanol–water partition coefficient (Wildman–Crippen LogP) is 3.10. The van der Waals surface area contributed by atoms with E-state index >= 15 is 0 Å². The number of nitrogens with zero attached hydrogens (tertiary/aromatic N) is 2. The van der Waals surface area contributed by atoms with Crippen molar-refractivity contribution in [2.24, 2.45) is 0 Å². The van der Waals surface area contributed by atoms with Gasteiger partial charge in [-0.3, -0.25) is 14.4 Å². The van der Waals surface area contributed by atoms with Crippen molar-refractivity contribution in [1.82, 2.24) is 15.1 Å². The van der Waals surface area contributed by atoms with Gasteiger partial charge in [0.05, 0.1) is 0 Å². The van der Waals surface area contributed by atoms with E-state index in [2.05, 4.69) is 5.32 Å². The fraction of sp³-hybridized carbons (Fsp3) is 0.286. The van der Waals surface area contributed by atoms with Crippen LogP contribution in [0.3, 0.4) is 0 Å². The molecule has 6 nitrogen and oxygen atoms in total. The van der Waals surface area contributed by atoms with Crippen LogP contribution in [-0.2, 0) is 4.79 Å². The minimum atomic E-state index is -0.656. The van der Waals surface area contributed by atoms with E-state index in [1.54, 1.807) is 59.2 Å². The zero-order chi connectivity index (χ0) is 21.0. The molecule has 152 valence electrons. The van der Waals surface area contributed by atoms with Crippen LogP contribution in [0.2, 0.25) is 10.0 Å². The van der Waals surface area contributed by atoms with Crippen molar-refractivity contribution in [1.29, 1.82) is 0 Å². The molecule has 1 fully saturated rings. The second-order valence-corrected chi connectivity index (χ2v) is 7.71. The Hall–Kier alpha value is -2.57. The lowest BCUT2D eigenvalue weighted by molar-refractivity contribution is -0.134. The first-order valence-electron chi connectivity index (χ1n) is 9.25. The summed E-state index contributed by atoms with van der Waals surface area (Å²) in [6.07, 6.45) is 0. The standard InChI is InChI=1S/C21H21Cl2N3O3/c1-14(24-19(27)15-5-3-2-4-6-15)20(28)25-7-9-26(10-8-25)21(29)16-11-17(22)13-18(23)12-16/h2-6,11-14H,7-10H2,1H3,(H,24,27). The van der Waals surface area contributed by atoms with E-state index < -0.39 is 6.04 Å². The molecule has 0 radical (unpaired) electrons. The third-order valence-corrected chi connectivity index (χ3v) is 5.18. The third-order valence-electron chi connectivity index (χ3n) is 4.74. The van der Waals surface area contributed by atoms with E-state index in [9.17, 15) is 14.4 Å². The number of piperazine rings is 1. The van der Waals surface area contributed by atoms with Gasteiger partial charge in [-0.1, -0.05) is 41.4 Å². The number of hydrogen-bond donors (Lipinski definition) is 1. The highest BCUT2D eigenvalue weighted by Gasteiger charge is 2.28. The zero-order valence-electron chi connectivity index (χ0n) is 15.9. The van der Waals surface area contributed by atoms with Crippen LogP contribution < -0.4 is 5.32 Å². The molecule has 0 aliphatic carbocycles. The summed E-state index contributed by atoms with van der Waals surface area (Å²) in [7, 11) is 0. The summed E-state index contributed by atoms with van der Waals surface area (Å²) in [5.74, 6) is -0.641. The lowest BCUT2D eigenvalue weighted by Crippen LogP contribution is -2.55. The molecule has 0 spiro atoms. The molecule has 1 aliphatic heterocycles. The molecule has 0 saturated carbocycles. The molecule has 1 unspecified atom stereocenters. The second kappa shape index (κ2) is 9.29. The monoisotopic (exact) mass is 433 g/mol. The van der Waals surface area contributed by atoms with Crippen LogP contribution in [0, 0.1) is 0 Å². The van der Waals surface area contributed by atoms with Gasteiger partial charge in [0, 0.05) is 47.4 Å². The minimum absolute atomic E-state index is 0.174. The van der Waals surface area contributed by atoms with Crippen molar-refractivity contribution in [2.45, 2.75) is 13.0 Å². The molecule has 0 bridgehead atoms. The molecule has 1 N–H and O–H groups in total. The summed E-state index contributed by atoms with van der Waals surface area (Å²) in [6.45, 7) is 3.24. The molecule has 3 amide bonds. The highest BCUT2D eigenvalue weighted by atomic mass is 35.5. The van der Waals surface area contributed by atoms with Gasteiger partial charge in [-0.2, -0.15) is 0 Å². The van der Waals surface area contributed by atoms with E-state index in [0.29, 0.717) is 47.4 Å². The lowest BCUT2D eigenvalue weighted by atomic mass is 10.1. The number of halogens is 2. The van der Waals surface area contributed by atoms with Crippen LogP contribution in [0.5, 0.6) is 0 Å². The summed E-state index contributed by atoms with van der Waals surface area (Å²) >= 11 is 12.0. The first-order valence-corrected chi connectivity index (χ1v) is 10.0. The maximum absolute atomic E-state index is 12.7. The van der Waals surface area contributed by atoms with Gasteiger partial charge in [-0.25, -0.2) is 0 Å². The molecule has 29 heavy (non-hydrogen) atoms. The molecule has 8 heteroatoms. The molecule has 2 aromatic carbocycles. The van der Waals surface area contributed by atoms with Gasteiger partial charge in [-0.05, 0) is 37.3 Å². The summed E-state index contributed by atoms with van der Waals surface area (Å²) < 4.78 is 0. The Labute approximate surface area is 179 Å². The minimum Gasteiger partial charge on any atom is -0.341 e. The normalized spacial score (nSPS) is 15.0. The number of nitrogens with one attached hydrogen (secondary N) is 1. The summed E-state index contributed by atoms with van der Waals surface area (Å²) in [5, 5.41) is 3.53. The molecule has 0 aromatic heterocycles. The summed E-state index contributed by atoms with van der Waals surface area (Å²) in [5.41, 5.74) is 0.925. The van der Waals surface area contributed by atoms with Gasteiger partial charge >= 0.3 is 0 Å². The molecular weight excluding hydrogens is 413 g/mol. The Morgan fingerprint density at radius 2 is 1.41 bits per heavy atom. The predicted molar refractivity (Wildman–Crippen MR) is 112 cm³/mol. The second-order valence-electron chi connectivity index (χ2n) is 6.84. The van der Waals surface area contributed by atoms with Gasteiger partial charge in [0.1, 0.15) is 6.04 Å². The third kappa shape index (κ3) is 5.28. The molecule has 1 aliphatic rings. The SMILES string of the molecule is CC(NC(=O)c1ccccc1)C(=O)N1CCN(C(=O)c2cc(Cl)cc(Cl)c2)CC1. The van der Waals surface area contributed by atoms with Crippen LogP contribution >= 0.6 is 23.2 Å². The number of benzene rings is 2. The van der Waals surface area contributed by atoms with Crippen molar-refractivity contribution in [3.63, 3.8) is 0 Å². The highest BCUT2D eigenvalue weighted by molar-refractivity contribution is 6.35. The average molecular weight is 434 g/mol. The molecule has 2 aromatic rings. The Balaban J connectivity index is 1.55. The van der Waals surface area contributed by atoms with E-state index in [1.807, 2.05) is 6.07 Å². The topological polar surface area (TPSA) is 69.7 Å². The van der Waals surface area contributed by atoms with Gasteiger partial charge < -0.3 is 15.1 Å². The number of amides is 3. The Kier molecular flexibility index (Phi) is 6.77. The van der Waals surface area contributed by atoms with Crippen LogP contribution in [0.15, 0.2) is 48.5 Å². The van der Waals surface area contributed by atoms with Crippen molar-refractivity contribution in [3.05, 3.63) is 69.7 Å². The first-order chi connectivity index (χ1) is 13.8. The van der Waals surface area contributed by atoms with Crippen LogP contribution in [0.1, 0.15) is 27.6 Å². The molecule has 3 rings (SSSR count). The lowest BCUT2D eigenvalue weighted by Gasteiger charge is -2.36. The molecule has 1 saturated heterocycles. The van der Waals surface area contributed by atoms with E-state index in [0.717, 1.165) is 0 Å². The van der Waals surface area contributed by atoms with E-state index in [-0.39, 0.29) is 17.7 Å². The maximum atomic E-state index is 12.7. The van der Waals surface area contributed by atoms with Crippen molar-refractivity contribution < 1.29 is 14.4 Å². The molecule has 1 atom stereocenters. The van der Waals surface area contributed by atoms with Crippen molar-refractivity contribution in [3.8, 4) is 0 Å². The number of hydrogen-bond acceptors (Lipinski definition) is 3. The largest absolute Gasteiger partial charge is 0.341 e. The fourth-order valence-corrected chi connectivity index (χ4v) is 3.72. The highest BCUT2D eigenvalue weighted by Crippen LogP contribution is 2.20.